The van der Waals surface area contributed by atoms with Gasteiger partial charge in [-0.05, 0) is 36.6 Å². The number of carbonyl (C=O) groups is 1. The summed E-state index contributed by atoms with van der Waals surface area (Å²) in [4.78, 5) is 32.2. The van der Waals surface area contributed by atoms with Crippen LogP contribution in [0.15, 0.2) is 53.5 Å². The normalized spacial score (nSPS) is 11.2. The van der Waals surface area contributed by atoms with Crippen LogP contribution in [0.4, 0.5) is 0 Å². The lowest BCUT2D eigenvalue weighted by Gasteiger charge is -2.07. The summed E-state index contributed by atoms with van der Waals surface area (Å²) in [7, 11) is 0. The molecule has 0 aliphatic heterocycles. The van der Waals surface area contributed by atoms with Gasteiger partial charge in [0.15, 0.2) is 0 Å². The zero-order valence-corrected chi connectivity index (χ0v) is 13.0. The number of nitrogens with one attached hydrogen (secondary N) is 1. The van der Waals surface area contributed by atoms with Gasteiger partial charge in [-0.1, -0.05) is 18.2 Å². The number of aromatic nitrogens is 2. The van der Waals surface area contributed by atoms with Crippen LogP contribution in [0, 0.1) is 0 Å². The summed E-state index contributed by atoms with van der Waals surface area (Å²) in [5.41, 5.74) is 2.08. The number of hydrogen-bond acceptors (Lipinski definition) is 4. The Morgan fingerprint density at radius 1 is 1.12 bits per heavy atom. The van der Waals surface area contributed by atoms with Crippen LogP contribution >= 0.6 is 0 Å². The first-order chi connectivity index (χ1) is 11.7. The van der Waals surface area contributed by atoms with Gasteiger partial charge >= 0.3 is 5.97 Å². The van der Waals surface area contributed by atoms with Crippen LogP contribution in [0.2, 0.25) is 0 Å². The molecular formula is C19H14N2O3. The molecule has 0 fully saturated rings. The van der Waals surface area contributed by atoms with E-state index >= 15 is 0 Å². The molecule has 0 unspecified atom stereocenters. The maximum atomic E-state index is 12.6. The van der Waals surface area contributed by atoms with E-state index in [1.807, 2.05) is 36.4 Å². The van der Waals surface area contributed by atoms with Crippen molar-refractivity contribution in [2.24, 2.45) is 0 Å². The summed E-state index contributed by atoms with van der Waals surface area (Å²) in [5.74, 6) is -0.637. The molecule has 4 rings (SSSR count). The third-order valence-corrected chi connectivity index (χ3v) is 4.05. The molecule has 0 amide bonds. The maximum Gasteiger partial charge on any atom is 0.343 e. The molecule has 4 aromatic rings. The molecule has 24 heavy (non-hydrogen) atoms. The van der Waals surface area contributed by atoms with Crippen molar-refractivity contribution < 1.29 is 9.53 Å². The minimum atomic E-state index is -0.637. The van der Waals surface area contributed by atoms with E-state index in [0.717, 1.165) is 21.8 Å². The predicted octanol–water partition coefficient (Wildman–Crippen LogP) is 3.41. The maximum absolute atomic E-state index is 12.6. The molecule has 0 bridgehead atoms. The molecule has 5 nitrogen and oxygen atoms in total. The molecule has 2 aromatic carbocycles. The number of ether oxygens (including phenoxy) is 1. The van der Waals surface area contributed by atoms with Crippen LogP contribution in [0.25, 0.3) is 32.7 Å². The summed E-state index contributed by atoms with van der Waals surface area (Å²) in [6.45, 7) is 1.92. The van der Waals surface area contributed by atoms with Crippen LogP contribution < -0.4 is 5.43 Å². The van der Waals surface area contributed by atoms with E-state index in [2.05, 4.69) is 9.97 Å². The highest BCUT2D eigenvalue weighted by atomic mass is 16.5. The van der Waals surface area contributed by atoms with Gasteiger partial charge in [0.1, 0.15) is 5.56 Å². The van der Waals surface area contributed by atoms with Gasteiger partial charge in [0.2, 0.25) is 5.43 Å². The molecule has 0 aliphatic carbocycles. The fourth-order valence-electron chi connectivity index (χ4n) is 2.91. The topological polar surface area (TPSA) is 72.0 Å². The van der Waals surface area contributed by atoms with Gasteiger partial charge in [-0.25, -0.2) is 4.79 Å². The number of aromatic amines is 1. The van der Waals surface area contributed by atoms with E-state index in [9.17, 15) is 9.59 Å². The lowest BCUT2D eigenvalue weighted by molar-refractivity contribution is 0.0524. The van der Waals surface area contributed by atoms with Crippen molar-refractivity contribution >= 4 is 38.7 Å². The highest BCUT2D eigenvalue weighted by molar-refractivity contribution is 6.08. The lowest BCUT2D eigenvalue weighted by atomic mass is 10.1. The molecular weight excluding hydrogens is 304 g/mol. The van der Waals surface area contributed by atoms with E-state index in [0.29, 0.717) is 10.9 Å². The van der Waals surface area contributed by atoms with Crippen molar-refractivity contribution in [3.8, 4) is 0 Å². The lowest BCUT2D eigenvalue weighted by Crippen LogP contribution is -2.18. The second-order valence-electron chi connectivity index (χ2n) is 5.50. The molecule has 0 aliphatic rings. The third-order valence-electron chi connectivity index (χ3n) is 4.05. The van der Waals surface area contributed by atoms with Gasteiger partial charge in [0.05, 0.1) is 12.1 Å². The molecule has 0 spiro atoms. The van der Waals surface area contributed by atoms with Crippen molar-refractivity contribution in [2.45, 2.75) is 6.92 Å². The van der Waals surface area contributed by atoms with E-state index in [1.54, 1.807) is 13.0 Å². The summed E-state index contributed by atoms with van der Waals surface area (Å²) < 4.78 is 4.92. The Morgan fingerprint density at radius 3 is 2.79 bits per heavy atom. The number of esters is 1. The second kappa shape index (κ2) is 5.45. The minimum Gasteiger partial charge on any atom is -0.462 e. The number of pyridine rings is 2. The fraction of sp³-hybridized carbons (Fsp3) is 0.105. The van der Waals surface area contributed by atoms with E-state index in [1.165, 1.54) is 6.20 Å². The van der Waals surface area contributed by atoms with Crippen LogP contribution in [0.1, 0.15) is 17.3 Å². The Labute approximate surface area is 136 Å². The SMILES string of the molecule is CCOC(=O)c1cnc2c(ccc3[nH]c4ccccc4cc32)c1=O. The summed E-state index contributed by atoms with van der Waals surface area (Å²) in [6.07, 6.45) is 1.30. The smallest absolute Gasteiger partial charge is 0.343 e. The standard InChI is InChI=1S/C19H14N2O3/c1-2-24-19(23)14-10-20-17-12(18(14)22)7-8-16-13(17)9-11-5-3-4-6-15(11)21-16/h3-10,21H,2H2,1H3. The van der Waals surface area contributed by atoms with Gasteiger partial charge < -0.3 is 9.72 Å². The largest absolute Gasteiger partial charge is 0.462 e. The average molecular weight is 318 g/mol. The average Bonchev–Trinajstić information content (AvgIpc) is 2.60. The molecule has 0 radical (unpaired) electrons. The summed E-state index contributed by atoms with van der Waals surface area (Å²) >= 11 is 0. The van der Waals surface area contributed by atoms with Crippen LogP contribution in [-0.2, 0) is 4.74 Å². The minimum absolute atomic E-state index is 0.0338. The van der Waals surface area contributed by atoms with E-state index in [4.69, 9.17) is 4.74 Å². The number of carbonyl (C=O) groups excluding carboxylic acids is 1. The zero-order valence-electron chi connectivity index (χ0n) is 13.0. The summed E-state index contributed by atoms with van der Waals surface area (Å²) in [5, 5.41) is 2.29. The molecule has 5 heteroatoms. The zero-order chi connectivity index (χ0) is 16.7. The molecule has 0 saturated carbocycles. The van der Waals surface area contributed by atoms with Gasteiger partial charge in [-0.2, -0.15) is 0 Å². The number of rotatable bonds is 2. The van der Waals surface area contributed by atoms with Gasteiger partial charge in [-0.15, -0.1) is 0 Å². The number of H-pyrrole nitrogens is 1. The van der Waals surface area contributed by atoms with Gasteiger partial charge in [0.25, 0.3) is 0 Å². The van der Waals surface area contributed by atoms with E-state index < -0.39 is 5.97 Å². The third kappa shape index (κ3) is 2.13. The van der Waals surface area contributed by atoms with E-state index in [-0.39, 0.29) is 17.6 Å². The quantitative estimate of drug-likeness (QED) is 0.349. The van der Waals surface area contributed by atoms with Crippen LogP contribution in [-0.4, -0.2) is 22.5 Å². The fourth-order valence-corrected chi connectivity index (χ4v) is 2.91. The van der Waals surface area contributed by atoms with Crippen LogP contribution in [0.5, 0.6) is 0 Å². The highest BCUT2D eigenvalue weighted by Crippen LogP contribution is 2.25. The Balaban J connectivity index is 2.04. The number of para-hydroxylation sites is 1. The molecule has 2 aromatic heterocycles. The molecule has 0 atom stereocenters. The van der Waals surface area contributed by atoms with Gasteiger partial charge in [0, 0.05) is 28.0 Å². The molecule has 1 N–H and O–H groups in total. The van der Waals surface area contributed by atoms with Gasteiger partial charge in [-0.3, -0.25) is 9.78 Å². The number of hydrogen-bond donors (Lipinski definition) is 1. The number of benzene rings is 2. The first-order valence-electron chi connectivity index (χ1n) is 7.69. The Kier molecular flexibility index (Phi) is 3.27. The second-order valence-corrected chi connectivity index (χ2v) is 5.50. The monoisotopic (exact) mass is 318 g/mol. The Hall–Kier alpha value is -3.21. The first-order valence-corrected chi connectivity index (χ1v) is 7.69. The van der Waals surface area contributed by atoms with Crippen molar-refractivity contribution in [2.75, 3.05) is 6.61 Å². The Morgan fingerprint density at radius 2 is 1.96 bits per heavy atom. The number of nitrogens with zero attached hydrogens (tertiary/aromatic N) is 1. The summed E-state index contributed by atoms with van der Waals surface area (Å²) in [6, 6.07) is 13.4. The van der Waals surface area contributed by atoms with Crippen molar-refractivity contribution in [3.63, 3.8) is 0 Å². The van der Waals surface area contributed by atoms with Crippen molar-refractivity contribution in [1.82, 2.24) is 9.97 Å². The molecule has 118 valence electrons. The number of fused-ring (bicyclic) bond motifs is 4. The first kappa shape index (κ1) is 14.4. The van der Waals surface area contributed by atoms with Crippen molar-refractivity contribution in [1.29, 1.82) is 0 Å². The molecule has 2 heterocycles. The Bertz CT molecular complexity index is 1160. The predicted molar refractivity (Wildman–Crippen MR) is 93.3 cm³/mol. The van der Waals surface area contributed by atoms with Crippen molar-refractivity contribution in [3.05, 3.63) is 64.4 Å². The van der Waals surface area contributed by atoms with Crippen LogP contribution in [0.3, 0.4) is 0 Å². The molecule has 0 saturated heterocycles. The highest BCUT2D eigenvalue weighted by Gasteiger charge is 2.16.